The Kier molecular flexibility index (Phi) is 8.68. The predicted molar refractivity (Wildman–Crippen MR) is 148 cm³/mol. The van der Waals surface area contributed by atoms with Crippen LogP contribution in [0, 0.1) is 11.5 Å². The van der Waals surface area contributed by atoms with Gasteiger partial charge in [-0.25, -0.2) is 8.78 Å². The number of amides is 2. The van der Waals surface area contributed by atoms with E-state index in [-0.39, 0.29) is 55.9 Å². The average molecular weight is 572 g/mol. The van der Waals surface area contributed by atoms with Gasteiger partial charge in [0.05, 0.1) is 12.6 Å². The number of aromatic nitrogens is 3. The van der Waals surface area contributed by atoms with E-state index >= 15 is 0 Å². The molecule has 0 radical (unpaired) electrons. The van der Waals surface area contributed by atoms with Crippen molar-refractivity contribution in [3.05, 3.63) is 42.0 Å². The number of benzene rings is 1. The quantitative estimate of drug-likeness (QED) is 0.484. The van der Waals surface area contributed by atoms with Crippen LogP contribution in [0.5, 0.6) is 0 Å². The zero-order valence-electron chi connectivity index (χ0n) is 24.2. The molecule has 41 heavy (non-hydrogen) atoms. The van der Waals surface area contributed by atoms with Crippen molar-refractivity contribution in [1.29, 1.82) is 5.26 Å². The number of aliphatic hydroxyl groups is 1. The standard InChI is InChI=1S/C29H39F2N7O3/c1-18(2)37-17-33-35-25(37)24(26(40)34-20-10-12-29(30,31)13-11-20)38(21-8-6-19(7-9-21)28(3,4)5)27(41)23-14-22(39)15-36(23)16-32/h6-9,17-18,20,22-24,39H,10-15H2,1-5H3,(H,34,40). The SMILES string of the molecule is CC(C)n1cnnc1C(C(=O)NC1CCC(F)(F)CC1)N(C(=O)C1CC(O)CN1C#N)c1ccc(C(C)(C)C)cc1. The number of nitriles is 1. The number of β-amino-alcohol motifs (C(OH)–C–C–N with tert-alkyl or cyclic N) is 1. The molecule has 0 spiro atoms. The number of nitrogens with one attached hydrogen (secondary N) is 1. The topological polar surface area (TPSA) is 127 Å². The summed E-state index contributed by atoms with van der Waals surface area (Å²) in [5, 5.41) is 31.2. The van der Waals surface area contributed by atoms with Crippen LogP contribution in [0.1, 0.15) is 90.2 Å². The number of alkyl halides is 2. The van der Waals surface area contributed by atoms with Gasteiger partial charge < -0.3 is 15.0 Å². The molecule has 2 amide bonds. The van der Waals surface area contributed by atoms with Crippen molar-refractivity contribution in [2.24, 2.45) is 0 Å². The molecule has 10 nitrogen and oxygen atoms in total. The van der Waals surface area contributed by atoms with Crippen LogP contribution < -0.4 is 10.2 Å². The Morgan fingerprint density at radius 2 is 1.83 bits per heavy atom. The Hall–Kier alpha value is -3.59. The van der Waals surface area contributed by atoms with Crippen LogP contribution in [0.4, 0.5) is 14.5 Å². The number of anilines is 1. The van der Waals surface area contributed by atoms with Gasteiger partial charge in [-0.05, 0) is 49.8 Å². The van der Waals surface area contributed by atoms with Gasteiger partial charge in [-0.1, -0.05) is 32.9 Å². The third kappa shape index (κ3) is 6.67. The fourth-order valence-electron chi connectivity index (χ4n) is 5.50. The molecule has 222 valence electrons. The van der Waals surface area contributed by atoms with Crippen molar-refractivity contribution in [1.82, 2.24) is 25.0 Å². The van der Waals surface area contributed by atoms with Crippen LogP contribution in [0.2, 0.25) is 0 Å². The molecule has 1 saturated heterocycles. The monoisotopic (exact) mass is 571 g/mol. The molecular weight excluding hydrogens is 532 g/mol. The van der Waals surface area contributed by atoms with Crippen LogP contribution in [0.15, 0.2) is 30.6 Å². The van der Waals surface area contributed by atoms with Gasteiger partial charge in [0.25, 0.3) is 11.8 Å². The van der Waals surface area contributed by atoms with Crippen molar-refractivity contribution >= 4 is 17.5 Å². The molecule has 4 rings (SSSR count). The molecule has 1 saturated carbocycles. The average Bonchev–Trinajstić information content (AvgIpc) is 3.54. The van der Waals surface area contributed by atoms with E-state index in [2.05, 4.69) is 36.3 Å². The van der Waals surface area contributed by atoms with Gasteiger partial charge in [-0.3, -0.25) is 19.4 Å². The number of carbonyl (C=O) groups excluding carboxylic acids is 2. The van der Waals surface area contributed by atoms with Crippen molar-refractivity contribution in [2.45, 2.75) is 108 Å². The minimum atomic E-state index is -2.76. The normalized spacial score (nSPS) is 21.9. The molecule has 1 aliphatic heterocycles. The molecule has 2 fully saturated rings. The summed E-state index contributed by atoms with van der Waals surface area (Å²) in [5.74, 6) is -3.70. The van der Waals surface area contributed by atoms with E-state index in [1.54, 1.807) is 16.7 Å². The van der Waals surface area contributed by atoms with Crippen LogP contribution in [-0.2, 0) is 15.0 Å². The first-order valence-electron chi connectivity index (χ1n) is 14.1. The highest BCUT2D eigenvalue weighted by molar-refractivity contribution is 6.03. The Morgan fingerprint density at radius 1 is 1.20 bits per heavy atom. The van der Waals surface area contributed by atoms with Gasteiger partial charge in [0, 0.05) is 37.0 Å². The zero-order valence-corrected chi connectivity index (χ0v) is 24.2. The van der Waals surface area contributed by atoms with Gasteiger partial charge >= 0.3 is 0 Å². The first kappa shape index (κ1) is 30.4. The number of nitrogens with zero attached hydrogens (tertiary/aromatic N) is 6. The van der Waals surface area contributed by atoms with Crippen molar-refractivity contribution in [2.75, 3.05) is 11.4 Å². The lowest BCUT2D eigenvalue weighted by Gasteiger charge is -2.36. The largest absolute Gasteiger partial charge is 0.391 e. The smallest absolute Gasteiger partial charge is 0.251 e. The Labute approximate surface area is 239 Å². The van der Waals surface area contributed by atoms with Gasteiger partial charge in [0.15, 0.2) is 18.1 Å². The minimum Gasteiger partial charge on any atom is -0.391 e. The van der Waals surface area contributed by atoms with Crippen LogP contribution in [-0.4, -0.2) is 67.2 Å². The van der Waals surface area contributed by atoms with E-state index < -0.39 is 42.0 Å². The van der Waals surface area contributed by atoms with Gasteiger partial charge in [-0.15, -0.1) is 10.2 Å². The molecular formula is C29H39F2N7O3. The molecule has 2 aliphatic rings. The lowest BCUT2D eigenvalue weighted by atomic mass is 9.87. The number of hydrogen-bond donors (Lipinski definition) is 2. The molecule has 3 atom stereocenters. The van der Waals surface area contributed by atoms with E-state index in [1.807, 2.05) is 32.2 Å². The highest BCUT2D eigenvalue weighted by Gasteiger charge is 2.45. The maximum atomic E-state index is 14.3. The minimum absolute atomic E-state index is 0.000958. The molecule has 1 aromatic carbocycles. The summed E-state index contributed by atoms with van der Waals surface area (Å²) in [4.78, 5) is 31.0. The summed E-state index contributed by atoms with van der Waals surface area (Å²) >= 11 is 0. The number of likely N-dealkylation sites (tertiary alicyclic amines) is 1. The molecule has 0 bridgehead atoms. The fraction of sp³-hybridized carbons (Fsp3) is 0.621. The van der Waals surface area contributed by atoms with Gasteiger partial charge in [0.1, 0.15) is 12.4 Å². The maximum absolute atomic E-state index is 14.3. The van der Waals surface area contributed by atoms with Crippen LogP contribution in [0.25, 0.3) is 0 Å². The van der Waals surface area contributed by atoms with Crippen molar-refractivity contribution in [3.63, 3.8) is 0 Å². The number of hydrogen-bond acceptors (Lipinski definition) is 7. The lowest BCUT2D eigenvalue weighted by Crippen LogP contribution is -2.52. The summed E-state index contributed by atoms with van der Waals surface area (Å²) in [7, 11) is 0. The van der Waals surface area contributed by atoms with E-state index in [0.29, 0.717) is 5.69 Å². The number of carbonyl (C=O) groups is 2. The summed E-state index contributed by atoms with van der Waals surface area (Å²) in [6, 6.07) is 4.29. The second kappa shape index (κ2) is 11.7. The van der Waals surface area contributed by atoms with Crippen molar-refractivity contribution in [3.8, 4) is 6.19 Å². The van der Waals surface area contributed by atoms with E-state index in [0.717, 1.165) is 5.56 Å². The number of rotatable bonds is 7. The van der Waals surface area contributed by atoms with E-state index in [4.69, 9.17) is 0 Å². The second-order valence-corrected chi connectivity index (χ2v) is 12.4. The molecule has 12 heteroatoms. The van der Waals surface area contributed by atoms with Crippen molar-refractivity contribution < 1.29 is 23.5 Å². The molecule has 3 unspecified atom stereocenters. The first-order chi connectivity index (χ1) is 19.2. The van der Waals surface area contributed by atoms with Gasteiger partial charge in [0.2, 0.25) is 5.92 Å². The Balaban J connectivity index is 1.81. The number of aliphatic hydroxyl groups excluding tert-OH is 1. The van der Waals surface area contributed by atoms with E-state index in [1.165, 1.54) is 16.1 Å². The highest BCUT2D eigenvalue weighted by atomic mass is 19.3. The molecule has 2 N–H and O–H groups in total. The molecule has 1 aliphatic carbocycles. The molecule has 1 aromatic heterocycles. The number of halogens is 2. The maximum Gasteiger partial charge on any atom is 0.251 e. The first-order valence-corrected chi connectivity index (χ1v) is 14.1. The van der Waals surface area contributed by atoms with Gasteiger partial charge in [-0.2, -0.15) is 5.26 Å². The third-order valence-corrected chi connectivity index (χ3v) is 7.91. The predicted octanol–water partition coefficient (Wildman–Crippen LogP) is 3.84. The molecule has 2 aromatic rings. The third-order valence-electron chi connectivity index (χ3n) is 7.91. The Morgan fingerprint density at radius 3 is 2.39 bits per heavy atom. The van der Waals surface area contributed by atoms with Crippen LogP contribution >= 0.6 is 0 Å². The molecule has 2 heterocycles. The summed E-state index contributed by atoms with van der Waals surface area (Å²) in [6.07, 6.45) is 2.14. The Bertz CT molecular complexity index is 1270. The zero-order chi connectivity index (χ0) is 30.1. The summed E-state index contributed by atoms with van der Waals surface area (Å²) in [6.45, 7) is 9.96. The highest BCUT2D eigenvalue weighted by Crippen LogP contribution is 2.36. The second-order valence-electron chi connectivity index (χ2n) is 12.4. The van der Waals surface area contributed by atoms with E-state index in [9.17, 15) is 28.7 Å². The summed E-state index contributed by atoms with van der Waals surface area (Å²) in [5.41, 5.74) is 1.24. The summed E-state index contributed by atoms with van der Waals surface area (Å²) < 4.78 is 29.4. The lowest BCUT2D eigenvalue weighted by molar-refractivity contribution is -0.129. The fourth-order valence-corrected chi connectivity index (χ4v) is 5.50. The van der Waals surface area contributed by atoms with Crippen LogP contribution in [0.3, 0.4) is 0 Å².